The molecule has 4 aromatic heterocycles. The van der Waals surface area contributed by atoms with E-state index in [1.807, 2.05) is 6.07 Å². The number of aromatic nitrogens is 5. The molecule has 0 unspecified atom stereocenters. The minimum Gasteiger partial charge on any atom is -0.360 e. The van der Waals surface area contributed by atoms with Gasteiger partial charge in [0.05, 0.1) is 4.92 Å². The van der Waals surface area contributed by atoms with Crippen LogP contribution in [-0.2, 0) is 6.54 Å². The van der Waals surface area contributed by atoms with E-state index in [1.54, 1.807) is 53.6 Å². The molecule has 0 aromatic carbocycles. The molecule has 0 spiro atoms. The first-order valence-corrected chi connectivity index (χ1v) is 7.99. The summed E-state index contributed by atoms with van der Waals surface area (Å²) in [5, 5.41) is 18.5. The highest BCUT2D eigenvalue weighted by atomic mass is 16.6. The molecule has 0 saturated heterocycles. The summed E-state index contributed by atoms with van der Waals surface area (Å²) < 4.78 is 2.73. The number of fused-ring (bicyclic) bond motifs is 1. The highest BCUT2D eigenvalue weighted by Crippen LogP contribution is 2.20. The Morgan fingerprint density at radius 1 is 1.11 bits per heavy atom. The third-order valence-electron chi connectivity index (χ3n) is 3.93. The Balaban J connectivity index is 1.74. The van der Waals surface area contributed by atoms with Crippen LogP contribution >= 0.6 is 0 Å². The summed E-state index contributed by atoms with van der Waals surface area (Å²) in [6.07, 6.45) is 6.44. The standard InChI is InChI=1S/C17H13N7O3/c25-17-14(24(26)27)15(21-13-6-1-2-9-22(13)17)19-11-12-5-3-7-18-16(12)23-10-4-8-20-23/h1-10,19H,11H2. The van der Waals surface area contributed by atoms with Gasteiger partial charge in [0.25, 0.3) is 0 Å². The van der Waals surface area contributed by atoms with Crippen LogP contribution in [0.25, 0.3) is 11.5 Å². The van der Waals surface area contributed by atoms with Gasteiger partial charge < -0.3 is 5.32 Å². The Morgan fingerprint density at radius 2 is 2.00 bits per heavy atom. The second-order valence-electron chi connectivity index (χ2n) is 5.59. The van der Waals surface area contributed by atoms with Gasteiger partial charge in [0, 0.05) is 36.9 Å². The maximum Gasteiger partial charge on any atom is 0.376 e. The first kappa shape index (κ1) is 16.4. The topological polar surface area (TPSA) is 120 Å². The van der Waals surface area contributed by atoms with E-state index in [-0.39, 0.29) is 12.4 Å². The molecule has 27 heavy (non-hydrogen) atoms. The molecular formula is C17H13N7O3. The molecule has 0 fully saturated rings. The van der Waals surface area contributed by atoms with Crippen molar-refractivity contribution in [2.24, 2.45) is 0 Å². The Kier molecular flexibility index (Phi) is 4.05. The van der Waals surface area contributed by atoms with Crippen molar-refractivity contribution in [3.8, 4) is 5.82 Å². The lowest BCUT2D eigenvalue weighted by atomic mass is 10.2. The Morgan fingerprint density at radius 3 is 2.78 bits per heavy atom. The highest BCUT2D eigenvalue weighted by molar-refractivity contribution is 5.60. The van der Waals surface area contributed by atoms with Gasteiger partial charge in [-0.2, -0.15) is 5.10 Å². The normalized spacial score (nSPS) is 10.8. The average molecular weight is 363 g/mol. The Bertz CT molecular complexity index is 1180. The number of pyridine rings is 2. The van der Waals surface area contributed by atoms with Gasteiger partial charge in [0.2, 0.25) is 5.82 Å². The summed E-state index contributed by atoms with van der Waals surface area (Å²) in [6.45, 7) is 0.180. The predicted octanol–water partition coefficient (Wildman–Crippen LogP) is 1.80. The number of nitrogens with one attached hydrogen (secondary N) is 1. The van der Waals surface area contributed by atoms with Gasteiger partial charge in [-0.1, -0.05) is 12.1 Å². The molecular weight excluding hydrogens is 350 g/mol. The van der Waals surface area contributed by atoms with Gasteiger partial charge in [0.1, 0.15) is 5.65 Å². The number of nitro groups is 1. The van der Waals surface area contributed by atoms with Crippen LogP contribution in [0.4, 0.5) is 11.5 Å². The maximum absolute atomic E-state index is 12.5. The number of hydrogen-bond acceptors (Lipinski definition) is 7. The molecule has 0 saturated carbocycles. The third kappa shape index (κ3) is 2.99. The van der Waals surface area contributed by atoms with Gasteiger partial charge in [0.15, 0.2) is 5.82 Å². The Labute approximate surface area is 151 Å². The van der Waals surface area contributed by atoms with Crippen molar-refractivity contribution in [1.82, 2.24) is 24.1 Å². The summed E-state index contributed by atoms with van der Waals surface area (Å²) in [5.41, 5.74) is -0.297. The van der Waals surface area contributed by atoms with Crippen LogP contribution in [0.1, 0.15) is 5.56 Å². The molecule has 0 radical (unpaired) electrons. The zero-order chi connectivity index (χ0) is 18.8. The summed E-state index contributed by atoms with van der Waals surface area (Å²) in [6, 6.07) is 10.3. The molecule has 0 amide bonds. The lowest BCUT2D eigenvalue weighted by molar-refractivity contribution is -0.385. The quantitative estimate of drug-likeness (QED) is 0.424. The van der Waals surface area contributed by atoms with Crippen LogP contribution in [0.15, 0.2) is 66.0 Å². The second-order valence-corrected chi connectivity index (χ2v) is 5.59. The van der Waals surface area contributed by atoms with E-state index in [9.17, 15) is 14.9 Å². The average Bonchev–Trinajstić information content (AvgIpc) is 3.21. The van der Waals surface area contributed by atoms with Gasteiger partial charge >= 0.3 is 11.2 Å². The molecule has 0 aliphatic carbocycles. The van der Waals surface area contributed by atoms with E-state index in [0.29, 0.717) is 11.5 Å². The molecule has 4 heterocycles. The first-order valence-electron chi connectivity index (χ1n) is 7.99. The minimum absolute atomic E-state index is 0.0912. The predicted molar refractivity (Wildman–Crippen MR) is 96.8 cm³/mol. The van der Waals surface area contributed by atoms with Crippen molar-refractivity contribution < 1.29 is 4.92 Å². The highest BCUT2D eigenvalue weighted by Gasteiger charge is 2.23. The zero-order valence-electron chi connectivity index (χ0n) is 13.9. The molecule has 0 aliphatic rings. The third-order valence-corrected chi connectivity index (χ3v) is 3.93. The molecule has 10 heteroatoms. The van der Waals surface area contributed by atoms with Crippen molar-refractivity contribution in [2.45, 2.75) is 6.54 Å². The smallest absolute Gasteiger partial charge is 0.360 e. The van der Waals surface area contributed by atoms with Gasteiger partial charge in [-0.3, -0.25) is 19.3 Å². The van der Waals surface area contributed by atoms with E-state index in [2.05, 4.69) is 20.4 Å². The molecule has 1 N–H and O–H groups in total. The number of hydrogen-bond donors (Lipinski definition) is 1. The zero-order valence-corrected chi connectivity index (χ0v) is 13.9. The lowest BCUT2D eigenvalue weighted by Gasteiger charge is -2.11. The molecule has 4 rings (SSSR count). The van der Waals surface area contributed by atoms with Crippen LogP contribution in [0, 0.1) is 10.1 Å². The lowest BCUT2D eigenvalue weighted by Crippen LogP contribution is -2.21. The van der Waals surface area contributed by atoms with Crippen LogP contribution in [0.5, 0.6) is 0 Å². The SMILES string of the molecule is O=c1c([N+](=O)[O-])c(NCc2cccnc2-n2cccn2)nc2ccccn12. The fourth-order valence-corrected chi connectivity index (χ4v) is 2.72. The van der Waals surface area contributed by atoms with Gasteiger partial charge in [-0.15, -0.1) is 0 Å². The summed E-state index contributed by atoms with van der Waals surface area (Å²) in [7, 11) is 0. The Hall–Kier alpha value is -4.08. The van der Waals surface area contributed by atoms with E-state index in [0.717, 1.165) is 9.96 Å². The van der Waals surface area contributed by atoms with E-state index < -0.39 is 16.2 Å². The second kappa shape index (κ2) is 6.67. The monoisotopic (exact) mass is 363 g/mol. The first-order chi connectivity index (χ1) is 13.1. The van der Waals surface area contributed by atoms with Crippen LogP contribution < -0.4 is 10.9 Å². The minimum atomic E-state index is -0.744. The van der Waals surface area contributed by atoms with Crippen LogP contribution in [0.3, 0.4) is 0 Å². The molecule has 4 aromatic rings. The van der Waals surface area contributed by atoms with Crippen LogP contribution in [-0.4, -0.2) is 29.1 Å². The van der Waals surface area contributed by atoms with Crippen molar-refractivity contribution in [3.05, 3.63) is 87.2 Å². The molecule has 0 atom stereocenters. The summed E-state index contributed by atoms with van der Waals surface area (Å²) >= 11 is 0. The van der Waals surface area contributed by atoms with Crippen molar-refractivity contribution in [1.29, 1.82) is 0 Å². The fourth-order valence-electron chi connectivity index (χ4n) is 2.72. The fraction of sp³-hybridized carbons (Fsp3) is 0.0588. The van der Waals surface area contributed by atoms with E-state index in [1.165, 1.54) is 6.20 Å². The molecule has 134 valence electrons. The van der Waals surface area contributed by atoms with Gasteiger partial charge in [-0.05, 0) is 24.3 Å². The van der Waals surface area contributed by atoms with Crippen molar-refractivity contribution >= 4 is 17.2 Å². The van der Waals surface area contributed by atoms with Crippen LogP contribution in [0.2, 0.25) is 0 Å². The number of anilines is 1. The number of nitrogens with zero attached hydrogens (tertiary/aromatic N) is 6. The van der Waals surface area contributed by atoms with E-state index in [4.69, 9.17) is 0 Å². The molecule has 0 bridgehead atoms. The summed E-state index contributed by atoms with van der Waals surface area (Å²) in [4.78, 5) is 31.7. The van der Waals surface area contributed by atoms with Gasteiger partial charge in [-0.25, -0.2) is 14.6 Å². The molecule has 0 aliphatic heterocycles. The summed E-state index contributed by atoms with van der Waals surface area (Å²) in [5.74, 6) is 0.488. The van der Waals surface area contributed by atoms with Crippen molar-refractivity contribution in [2.75, 3.05) is 5.32 Å². The maximum atomic E-state index is 12.5. The van der Waals surface area contributed by atoms with E-state index >= 15 is 0 Å². The largest absolute Gasteiger partial charge is 0.376 e. The molecule has 10 nitrogen and oxygen atoms in total. The number of rotatable bonds is 5. The van der Waals surface area contributed by atoms with Crippen molar-refractivity contribution in [3.63, 3.8) is 0 Å².